The topological polar surface area (TPSA) is 26.0 Å². The first-order chi connectivity index (χ1) is 6.33. The van der Waals surface area contributed by atoms with E-state index in [0.29, 0.717) is 6.04 Å². The molecule has 0 aromatic heterocycles. The van der Waals surface area contributed by atoms with Crippen molar-refractivity contribution in [3.05, 3.63) is 0 Å². The highest BCUT2D eigenvalue weighted by Crippen LogP contribution is 2.26. The van der Waals surface area contributed by atoms with Crippen molar-refractivity contribution < 1.29 is 0 Å². The molecular weight excluding hydrogens is 178 g/mol. The van der Waals surface area contributed by atoms with Gasteiger partial charge in [0.25, 0.3) is 0 Å². The zero-order valence-electron chi connectivity index (χ0n) is 8.80. The molecule has 1 unspecified atom stereocenters. The van der Waals surface area contributed by atoms with Crippen molar-refractivity contribution >= 4 is 11.8 Å². The average molecular weight is 201 g/mol. The van der Waals surface area contributed by atoms with Gasteiger partial charge in [-0.2, -0.15) is 11.8 Å². The molecule has 1 heterocycles. The number of hydrogen-bond acceptors (Lipinski definition) is 2. The molecule has 0 aromatic rings. The Kier molecular flexibility index (Phi) is 5.88. The molecule has 2 N–H and O–H groups in total. The summed E-state index contributed by atoms with van der Waals surface area (Å²) in [6, 6.07) is 0.480. The van der Waals surface area contributed by atoms with Gasteiger partial charge in [-0.1, -0.05) is 19.8 Å². The Morgan fingerprint density at radius 3 is 2.69 bits per heavy atom. The predicted octanol–water partition coefficient (Wildman–Crippen LogP) is 3.04. The van der Waals surface area contributed by atoms with Gasteiger partial charge < -0.3 is 5.73 Å². The fraction of sp³-hybridized carbons (Fsp3) is 1.00. The molecule has 0 radical (unpaired) electrons. The largest absolute Gasteiger partial charge is 0.328 e. The molecule has 0 bridgehead atoms. The van der Waals surface area contributed by atoms with Crippen molar-refractivity contribution in [2.75, 3.05) is 11.5 Å². The van der Waals surface area contributed by atoms with Crippen LogP contribution in [0.1, 0.15) is 45.4 Å². The Balaban J connectivity index is 2.07. The van der Waals surface area contributed by atoms with Crippen LogP contribution in [-0.4, -0.2) is 17.5 Å². The average Bonchev–Trinajstić information content (AvgIpc) is 2.16. The molecule has 1 saturated heterocycles. The summed E-state index contributed by atoms with van der Waals surface area (Å²) in [7, 11) is 0. The van der Waals surface area contributed by atoms with E-state index in [4.69, 9.17) is 5.73 Å². The van der Waals surface area contributed by atoms with Gasteiger partial charge in [-0.05, 0) is 43.1 Å². The van der Waals surface area contributed by atoms with Crippen LogP contribution in [0.15, 0.2) is 0 Å². The van der Waals surface area contributed by atoms with E-state index >= 15 is 0 Å². The Bertz CT molecular complexity index is 121. The Morgan fingerprint density at radius 1 is 1.38 bits per heavy atom. The van der Waals surface area contributed by atoms with Gasteiger partial charge >= 0.3 is 0 Å². The van der Waals surface area contributed by atoms with Gasteiger partial charge in [0, 0.05) is 6.04 Å². The monoisotopic (exact) mass is 201 g/mol. The van der Waals surface area contributed by atoms with Crippen LogP contribution in [0.3, 0.4) is 0 Å². The van der Waals surface area contributed by atoms with Crippen LogP contribution in [0.5, 0.6) is 0 Å². The highest BCUT2D eigenvalue weighted by atomic mass is 32.2. The molecule has 1 fully saturated rings. The minimum Gasteiger partial charge on any atom is -0.328 e. The molecule has 0 aromatic carbocycles. The molecule has 0 aliphatic carbocycles. The zero-order chi connectivity index (χ0) is 9.52. The lowest BCUT2D eigenvalue weighted by Gasteiger charge is -2.24. The normalized spacial score (nSPS) is 21.7. The first-order valence-electron chi connectivity index (χ1n) is 5.66. The molecule has 0 spiro atoms. The lowest BCUT2D eigenvalue weighted by molar-refractivity contribution is 0.390. The van der Waals surface area contributed by atoms with Crippen molar-refractivity contribution in [3.63, 3.8) is 0 Å². The lowest BCUT2D eigenvalue weighted by atomic mass is 9.92. The van der Waals surface area contributed by atoms with Gasteiger partial charge in [-0.3, -0.25) is 0 Å². The standard InChI is InChI=1S/C11H23NS/c1-2-3-4-11(12)9-10-5-7-13-8-6-10/h10-11H,2-9,12H2,1H3. The Labute approximate surface area is 86.8 Å². The summed E-state index contributed by atoms with van der Waals surface area (Å²) in [5.41, 5.74) is 6.08. The number of nitrogens with two attached hydrogens (primary N) is 1. The highest BCUT2D eigenvalue weighted by Gasteiger charge is 2.16. The maximum atomic E-state index is 6.08. The summed E-state index contributed by atoms with van der Waals surface area (Å²) in [5.74, 6) is 3.67. The number of hydrogen-bond donors (Lipinski definition) is 1. The second-order valence-corrected chi connectivity index (χ2v) is 5.42. The second-order valence-electron chi connectivity index (χ2n) is 4.19. The Morgan fingerprint density at radius 2 is 2.08 bits per heavy atom. The van der Waals surface area contributed by atoms with E-state index in [1.807, 2.05) is 0 Å². The third-order valence-corrected chi connectivity index (χ3v) is 3.95. The van der Waals surface area contributed by atoms with Crippen LogP contribution in [0.4, 0.5) is 0 Å². The molecule has 13 heavy (non-hydrogen) atoms. The fourth-order valence-electron chi connectivity index (χ4n) is 1.99. The maximum Gasteiger partial charge on any atom is 0.00414 e. The van der Waals surface area contributed by atoms with Crippen molar-refractivity contribution in [1.82, 2.24) is 0 Å². The SMILES string of the molecule is CCCCC(N)CC1CCSCC1. The molecule has 1 nitrogen and oxygen atoms in total. The van der Waals surface area contributed by atoms with Crippen molar-refractivity contribution in [1.29, 1.82) is 0 Å². The zero-order valence-corrected chi connectivity index (χ0v) is 9.61. The van der Waals surface area contributed by atoms with E-state index in [-0.39, 0.29) is 0 Å². The van der Waals surface area contributed by atoms with Crippen LogP contribution >= 0.6 is 11.8 Å². The number of rotatable bonds is 5. The van der Waals surface area contributed by atoms with E-state index in [1.165, 1.54) is 50.0 Å². The molecule has 0 saturated carbocycles. The summed E-state index contributed by atoms with van der Waals surface area (Å²) in [6.45, 7) is 2.24. The van der Waals surface area contributed by atoms with Crippen LogP contribution in [0, 0.1) is 5.92 Å². The van der Waals surface area contributed by atoms with Crippen LogP contribution in [-0.2, 0) is 0 Å². The van der Waals surface area contributed by atoms with Crippen LogP contribution in [0.2, 0.25) is 0 Å². The van der Waals surface area contributed by atoms with Gasteiger partial charge in [-0.25, -0.2) is 0 Å². The third kappa shape index (κ3) is 4.92. The van der Waals surface area contributed by atoms with Gasteiger partial charge in [-0.15, -0.1) is 0 Å². The lowest BCUT2D eigenvalue weighted by Crippen LogP contribution is -2.25. The minimum absolute atomic E-state index is 0.480. The maximum absolute atomic E-state index is 6.08. The number of unbranched alkanes of at least 4 members (excludes halogenated alkanes) is 1. The molecule has 1 aliphatic rings. The van der Waals surface area contributed by atoms with E-state index in [2.05, 4.69) is 18.7 Å². The quantitative estimate of drug-likeness (QED) is 0.740. The van der Waals surface area contributed by atoms with Crippen molar-refractivity contribution in [2.45, 2.75) is 51.5 Å². The predicted molar refractivity (Wildman–Crippen MR) is 62.2 cm³/mol. The van der Waals surface area contributed by atoms with Gasteiger partial charge in [0.15, 0.2) is 0 Å². The number of thioether (sulfide) groups is 1. The summed E-state index contributed by atoms with van der Waals surface area (Å²) in [4.78, 5) is 0. The van der Waals surface area contributed by atoms with Gasteiger partial charge in [0.1, 0.15) is 0 Å². The molecular formula is C11H23NS. The third-order valence-electron chi connectivity index (χ3n) is 2.91. The molecule has 1 atom stereocenters. The molecule has 78 valence electrons. The summed E-state index contributed by atoms with van der Waals surface area (Å²) in [5, 5.41) is 0. The molecule has 1 rings (SSSR count). The molecule has 0 amide bonds. The highest BCUT2D eigenvalue weighted by molar-refractivity contribution is 7.99. The van der Waals surface area contributed by atoms with Crippen molar-refractivity contribution in [2.24, 2.45) is 11.7 Å². The fourth-order valence-corrected chi connectivity index (χ4v) is 3.20. The van der Waals surface area contributed by atoms with Crippen LogP contribution in [0.25, 0.3) is 0 Å². The summed E-state index contributed by atoms with van der Waals surface area (Å²) in [6.07, 6.45) is 7.92. The van der Waals surface area contributed by atoms with E-state index in [9.17, 15) is 0 Å². The first-order valence-corrected chi connectivity index (χ1v) is 6.81. The minimum atomic E-state index is 0.480. The van der Waals surface area contributed by atoms with Crippen molar-refractivity contribution in [3.8, 4) is 0 Å². The molecule has 1 aliphatic heterocycles. The van der Waals surface area contributed by atoms with Crippen LogP contribution < -0.4 is 5.73 Å². The molecule has 2 heteroatoms. The van der Waals surface area contributed by atoms with Gasteiger partial charge in [0.05, 0.1) is 0 Å². The smallest absolute Gasteiger partial charge is 0.00414 e. The second kappa shape index (κ2) is 6.72. The van der Waals surface area contributed by atoms with E-state index in [1.54, 1.807) is 0 Å². The Hall–Kier alpha value is 0.310. The van der Waals surface area contributed by atoms with E-state index < -0.39 is 0 Å². The first kappa shape index (κ1) is 11.4. The van der Waals surface area contributed by atoms with Gasteiger partial charge in [0.2, 0.25) is 0 Å². The summed E-state index contributed by atoms with van der Waals surface area (Å²) >= 11 is 2.10. The summed E-state index contributed by atoms with van der Waals surface area (Å²) < 4.78 is 0. The van der Waals surface area contributed by atoms with E-state index in [0.717, 1.165) is 5.92 Å².